The second-order valence-electron chi connectivity index (χ2n) is 4.13. The maximum Gasteiger partial charge on any atom is 0.133 e. The minimum absolute atomic E-state index is 0.281. The summed E-state index contributed by atoms with van der Waals surface area (Å²) >= 11 is 0. The Labute approximate surface area is 108 Å². The molecule has 0 aliphatic heterocycles. The van der Waals surface area contributed by atoms with Crippen LogP contribution in [-0.4, -0.2) is 10.8 Å². The highest BCUT2D eigenvalue weighted by Gasteiger charge is 1.99. The molecule has 0 radical (unpaired) electrons. The molecule has 0 amide bonds. The molecular formula is C15H18N2O. The summed E-state index contributed by atoms with van der Waals surface area (Å²) in [4.78, 5) is 15.5. The van der Waals surface area contributed by atoms with E-state index in [1.807, 2.05) is 24.3 Å². The zero-order valence-electron chi connectivity index (χ0n) is 10.5. The number of nitriles is 1. The first kappa shape index (κ1) is 14.1. The van der Waals surface area contributed by atoms with Gasteiger partial charge in [0, 0.05) is 31.7 Å². The predicted molar refractivity (Wildman–Crippen MR) is 71.6 cm³/mol. The molecule has 0 aliphatic rings. The van der Waals surface area contributed by atoms with Gasteiger partial charge in [-0.25, -0.2) is 0 Å². The van der Waals surface area contributed by atoms with Crippen molar-refractivity contribution in [2.75, 3.05) is 0 Å². The van der Waals surface area contributed by atoms with Crippen LogP contribution in [-0.2, 0) is 4.79 Å². The van der Waals surface area contributed by atoms with E-state index in [0.717, 1.165) is 24.8 Å². The first-order valence-corrected chi connectivity index (χ1v) is 6.28. The molecule has 0 fully saturated rings. The van der Waals surface area contributed by atoms with E-state index < -0.39 is 0 Å². The van der Waals surface area contributed by atoms with Gasteiger partial charge in [-0.1, -0.05) is 18.2 Å². The molecule has 0 aliphatic carbocycles. The number of hydrogen-bond acceptors (Lipinski definition) is 3. The lowest BCUT2D eigenvalue weighted by Gasteiger charge is -1.97. The summed E-state index contributed by atoms with van der Waals surface area (Å²) in [6.07, 6.45) is 11.7. The molecule has 0 spiro atoms. The number of unbranched alkanes of at least 4 members (excludes halogenated alkanes) is 2. The van der Waals surface area contributed by atoms with E-state index in [1.165, 1.54) is 0 Å². The van der Waals surface area contributed by atoms with Gasteiger partial charge in [-0.05, 0) is 30.9 Å². The molecule has 0 saturated carbocycles. The van der Waals surface area contributed by atoms with Crippen molar-refractivity contribution < 1.29 is 4.79 Å². The summed E-state index contributed by atoms with van der Waals surface area (Å²) < 4.78 is 0. The Morgan fingerprint density at radius 3 is 3.00 bits per heavy atom. The Hall–Kier alpha value is -1.95. The third kappa shape index (κ3) is 6.59. The van der Waals surface area contributed by atoms with Crippen molar-refractivity contribution in [2.24, 2.45) is 0 Å². The van der Waals surface area contributed by atoms with E-state index >= 15 is 0 Å². The molecule has 0 aromatic carbocycles. The van der Waals surface area contributed by atoms with Crippen LogP contribution in [0.2, 0.25) is 0 Å². The lowest BCUT2D eigenvalue weighted by Crippen LogP contribution is -1.96. The Bertz CT molecular complexity index is 418. The largest absolute Gasteiger partial charge is 0.300 e. The zero-order valence-corrected chi connectivity index (χ0v) is 10.5. The van der Waals surface area contributed by atoms with E-state index in [9.17, 15) is 4.79 Å². The molecule has 1 heterocycles. The summed E-state index contributed by atoms with van der Waals surface area (Å²) in [5, 5.41) is 8.36. The molecule has 0 saturated heterocycles. The second-order valence-corrected chi connectivity index (χ2v) is 4.13. The molecule has 3 heteroatoms. The first-order chi connectivity index (χ1) is 8.83. The first-order valence-electron chi connectivity index (χ1n) is 6.28. The number of ketones is 1. The van der Waals surface area contributed by atoms with Crippen molar-refractivity contribution in [1.29, 1.82) is 5.26 Å². The van der Waals surface area contributed by atoms with Crippen molar-refractivity contribution in [3.63, 3.8) is 0 Å². The molecule has 0 bridgehead atoms. The maximum absolute atomic E-state index is 11.5. The Balaban J connectivity index is 2.12. The molecule has 0 unspecified atom stereocenters. The fourth-order valence-electron chi connectivity index (χ4n) is 1.59. The summed E-state index contributed by atoms with van der Waals surface area (Å²) in [7, 11) is 0. The molecular weight excluding hydrogens is 224 g/mol. The van der Waals surface area contributed by atoms with Crippen molar-refractivity contribution in [3.8, 4) is 6.07 Å². The number of aromatic nitrogens is 1. The number of Topliss-reactive ketones (excluding diaryl/α,β-unsaturated/α-hetero) is 1. The van der Waals surface area contributed by atoms with Gasteiger partial charge in [0.1, 0.15) is 5.78 Å². The van der Waals surface area contributed by atoms with Crippen LogP contribution in [0.5, 0.6) is 0 Å². The quantitative estimate of drug-likeness (QED) is 0.655. The van der Waals surface area contributed by atoms with Crippen LogP contribution in [0.3, 0.4) is 0 Å². The maximum atomic E-state index is 11.5. The van der Waals surface area contributed by atoms with Crippen LogP contribution in [0.25, 0.3) is 6.08 Å². The van der Waals surface area contributed by atoms with Crippen molar-refractivity contribution >= 4 is 11.9 Å². The van der Waals surface area contributed by atoms with E-state index in [1.54, 1.807) is 12.4 Å². The number of nitrogens with zero attached hydrogens (tertiary/aromatic N) is 2. The third-order valence-electron chi connectivity index (χ3n) is 2.58. The highest BCUT2D eigenvalue weighted by molar-refractivity contribution is 5.78. The lowest BCUT2D eigenvalue weighted by atomic mass is 10.1. The monoisotopic (exact) mass is 242 g/mol. The minimum atomic E-state index is 0.281. The van der Waals surface area contributed by atoms with Crippen molar-refractivity contribution in [1.82, 2.24) is 4.98 Å². The minimum Gasteiger partial charge on any atom is -0.300 e. The van der Waals surface area contributed by atoms with E-state index in [2.05, 4.69) is 11.1 Å². The van der Waals surface area contributed by atoms with E-state index in [0.29, 0.717) is 19.3 Å². The van der Waals surface area contributed by atoms with Gasteiger partial charge in [-0.2, -0.15) is 5.26 Å². The fraction of sp³-hybridized carbons (Fsp3) is 0.400. The van der Waals surface area contributed by atoms with Gasteiger partial charge in [0.05, 0.1) is 6.07 Å². The number of hydrogen-bond donors (Lipinski definition) is 0. The summed E-state index contributed by atoms with van der Waals surface area (Å²) in [6.45, 7) is 0. The molecule has 3 nitrogen and oxygen atoms in total. The smallest absolute Gasteiger partial charge is 0.133 e. The zero-order chi connectivity index (χ0) is 13.1. The highest BCUT2D eigenvalue weighted by Crippen LogP contribution is 2.06. The van der Waals surface area contributed by atoms with Gasteiger partial charge < -0.3 is 0 Å². The number of carbonyl (C=O) groups excluding carboxylic acids is 1. The molecule has 0 N–H and O–H groups in total. The SMILES string of the molecule is N#CCCCCC(=O)CCC=Cc1cccnc1. The van der Waals surface area contributed by atoms with Gasteiger partial charge in [0.25, 0.3) is 0 Å². The number of rotatable bonds is 8. The van der Waals surface area contributed by atoms with E-state index in [4.69, 9.17) is 5.26 Å². The van der Waals surface area contributed by atoms with Crippen molar-refractivity contribution in [2.45, 2.75) is 38.5 Å². The number of pyridine rings is 1. The highest BCUT2D eigenvalue weighted by atomic mass is 16.1. The number of carbonyl (C=O) groups is 1. The third-order valence-corrected chi connectivity index (χ3v) is 2.58. The lowest BCUT2D eigenvalue weighted by molar-refractivity contribution is -0.119. The number of allylic oxidation sites excluding steroid dienone is 1. The molecule has 1 rings (SSSR count). The van der Waals surface area contributed by atoms with Crippen molar-refractivity contribution in [3.05, 3.63) is 36.2 Å². The summed E-state index contributed by atoms with van der Waals surface area (Å²) in [5.74, 6) is 0.281. The van der Waals surface area contributed by atoms with Crippen LogP contribution < -0.4 is 0 Å². The van der Waals surface area contributed by atoms with Gasteiger partial charge in [0.2, 0.25) is 0 Å². The van der Waals surface area contributed by atoms with Crippen LogP contribution in [0.15, 0.2) is 30.6 Å². The molecule has 1 aromatic heterocycles. The average molecular weight is 242 g/mol. The van der Waals surface area contributed by atoms with Crippen LogP contribution in [0.4, 0.5) is 0 Å². The average Bonchev–Trinajstić information content (AvgIpc) is 2.41. The normalized spacial score (nSPS) is 10.4. The Morgan fingerprint density at radius 2 is 2.28 bits per heavy atom. The topological polar surface area (TPSA) is 53.8 Å². The summed E-state index contributed by atoms with van der Waals surface area (Å²) in [5.41, 5.74) is 1.05. The van der Waals surface area contributed by atoms with E-state index in [-0.39, 0.29) is 5.78 Å². The van der Waals surface area contributed by atoms with Crippen LogP contribution in [0, 0.1) is 11.3 Å². The van der Waals surface area contributed by atoms with Gasteiger partial charge in [0.15, 0.2) is 0 Å². The Kier molecular flexibility index (Phi) is 7.15. The van der Waals surface area contributed by atoms with Crippen LogP contribution in [0.1, 0.15) is 44.1 Å². The van der Waals surface area contributed by atoms with Crippen LogP contribution >= 0.6 is 0 Å². The summed E-state index contributed by atoms with van der Waals surface area (Å²) in [6, 6.07) is 5.95. The molecule has 0 atom stereocenters. The predicted octanol–water partition coefficient (Wildman–Crippen LogP) is 3.53. The standard InChI is InChI=1S/C15H18N2O/c16-11-5-1-2-9-15(18)10-4-3-7-14-8-6-12-17-13-14/h3,6-8,12-13H,1-2,4-5,9-10H2. The fourth-order valence-corrected chi connectivity index (χ4v) is 1.59. The second kappa shape index (κ2) is 9.12. The molecule has 1 aromatic rings. The van der Waals surface area contributed by atoms with Gasteiger partial charge in [-0.3, -0.25) is 9.78 Å². The Morgan fingerprint density at radius 1 is 1.39 bits per heavy atom. The molecule has 94 valence electrons. The molecule has 18 heavy (non-hydrogen) atoms. The van der Waals surface area contributed by atoms with Gasteiger partial charge >= 0.3 is 0 Å². The van der Waals surface area contributed by atoms with Gasteiger partial charge in [-0.15, -0.1) is 0 Å².